The van der Waals surface area contributed by atoms with Crippen LogP contribution >= 0.6 is 11.3 Å². The summed E-state index contributed by atoms with van der Waals surface area (Å²) in [5.41, 5.74) is -0.112. The lowest BCUT2D eigenvalue weighted by Gasteiger charge is -1.96. The van der Waals surface area contributed by atoms with E-state index in [-0.39, 0.29) is 12.2 Å². The second-order valence-electron chi connectivity index (χ2n) is 3.27. The monoisotopic (exact) mass is 224 g/mol. The Kier molecular flexibility index (Phi) is 2.83. The lowest BCUT2D eigenvalue weighted by atomic mass is 10.3. The van der Waals surface area contributed by atoms with Crippen LogP contribution in [0.1, 0.15) is 17.6 Å². The summed E-state index contributed by atoms with van der Waals surface area (Å²) in [6.45, 7) is 2.05. The van der Waals surface area contributed by atoms with Gasteiger partial charge in [-0.2, -0.15) is 0 Å². The van der Waals surface area contributed by atoms with E-state index < -0.39 is 0 Å². The van der Waals surface area contributed by atoms with Gasteiger partial charge in [-0.15, -0.1) is 11.3 Å². The van der Waals surface area contributed by atoms with Crippen molar-refractivity contribution in [1.82, 2.24) is 9.97 Å². The highest BCUT2D eigenvalue weighted by atomic mass is 32.1. The van der Waals surface area contributed by atoms with E-state index in [0.717, 1.165) is 16.1 Å². The third-order valence-electron chi connectivity index (χ3n) is 2.20. The van der Waals surface area contributed by atoms with E-state index in [1.165, 1.54) is 11.3 Å². The maximum absolute atomic E-state index is 11.6. The molecule has 0 spiro atoms. The largest absolute Gasteiger partial charge is 0.396 e. The average Bonchev–Trinajstić information content (AvgIpc) is 2.62. The van der Waals surface area contributed by atoms with Crippen molar-refractivity contribution in [2.24, 2.45) is 0 Å². The number of aliphatic hydroxyl groups excluding tert-OH is 1. The van der Waals surface area contributed by atoms with E-state index in [4.69, 9.17) is 5.11 Å². The van der Waals surface area contributed by atoms with Crippen molar-refractivity contribution in [3.8, 4) is 0 Å². The summed E-state index contributed by atoms with van der Waals surface area (Å²) in [5.74, 6) is 0.555. The van der Waals surface area contributed by atoms with Gasteiger partial charge < -0.3 is 10.1 Å². The van der Waals surface area contributed by atoms with Gasteiger partial charge in [0.15, 0.2) is 0 Å². The SMILES string of the molecule is CCc1cc2c(=O)[nH]c(CCO)nc2s1. The topological polar surface area (TPSA) is 66.0 Å². The molecule has 0 unspecified atom stereocenters. The summed E-state index contributed by atoms with van der Waals surface area (Å²) in [6, 6.07) is 1.88. The van der Waals surface area contributed by atoms with Gasteiger partial charge in [0.05, 0.1) is 12.0 Å². The standard InChI is InChI=1S/C10H12N2O2S/c1-2-6-5-7-9(14)11-8(3-4-13)12-10(7)15-6/h5,13H,2-4H2,1H3,(H,11,12,14). The van der Waals surface area contributed by atoms with Gasteiger partial charge in [0, 0.05) is 11.3 Å². The van der Waals surface area contributed by atoms with Gasteiger partial charge in [-0.05, 0) is 12.5 Å². The van der Waals surface area contributed by atoms with Gasteiger partial charge in [-0.25, -0.2) is 4.98 Å². The lowest BCUT2D eigenvalue weighted by Crippen LogP contribution is -2.11. The van der Waals surface area contributed by atoms with Gasteiger partial charge in [-0.3, -0.25) is 4.79 Å². The second-order valence-corrected chi connectivity index (χ2v) is 4.39. The Labute approximate surface area is 90.6 Å². The van der Waals surface area contributed by atoms with Crippen LogP contribution in [-0.2, 0) is 12.8 Å². The first-order valence-corrected chi connectivity index (χ1v) is 5.68. The number of fused-ring (bicyclic) bond motifs is 1. The third-order valence-corrected chi connectivity index (χ3v) is 3.37. The number of aromatic nitrogens is 2. The molecule has 15 heavy (non-hydrogen) atoms. The molecule has 5 heteroatoms. The molecule has 0 bridgehead atoms. The Morgan fingerprint density at radius 1 is 1.60 bits per heavy atom. The van der Waals surface area contributed by atoms with Gasteiger partial charge in [0.1, 0.15) is 10.7 Å². The molecule has 0 radical (unpaired) electrons. The van der Waals surface area contributed by atoms with Crippen molar-refractivity contribution in [3.63, 3.8) is 0 Å². The highest BCUT2D eigenvalue weighted by Crippen LogP contribution is 2.21. The minimum Gasteiger partial charge on any atom is -0.396 e. The smallest absolute Gasteiger partial charge is 0.259 e. The summed E-state index contributed by atoms with van der Waals surface area (Å²) < 4.78 is 0. The Bertz CT molecular complexity index is 530. The highest BCUT2D eigenvalue weighted by Gasteiger charge is 2.07. The Morgan fingerprint density at radius 2 is 2.40 bits per heavy atom. The number of hydrogen-bond donors (Lipinski definition) is 2. The predicted molar refractivity (Wildman–Crippen MR) is 60.4 cm³/mol. The van der Waals surface area contributed by atoms with Crippen molar-refractivity contribution in [2.45, 2.75) is 19.8 Å². The number of aryl methyl sites for hydroxylation is 1. The first kappa shape index (κ1) is 10.3. The number of aromatic amines is 1. The van der Waals surface area contributed by atoms with E-state index >= 15 is 0 Å². The minimum atomic E-state index is -0.112. The van der Waals surface area contributed by atoms with Gasteiger partial charge in [0.2, 0.25) is 0 Å². The van der Waals surface area contributed by atoms with Crippen LogP contribution in [0.15, 0.2) is 10.9 Å². The molecule has 0 aliphatic rings. The highest BCUT2D eigenvalue weighted by molar-refractivity contribution is 7.18. The van der Waals surface area contributed by atoms with E-state index in [9.17, 15) is 4.79 Å². The molecule has 0 saturated heterocycles. The van der Waals surface area contributed by atoms with Crippen LogP contribution in [0.3, 0.4) is 0 Å². The number of nitrogens with one attached hydrogen (secondary N) is 1. The van der Waals surface area contributed by atoms with Crippen molar-refractivity contribution in [3.05, 3.63) is 27.1 Å². The molecular weight excluding hydrogens is 212 g/mol. The molecule has 0 aromatic carbocycles. The molecule has 2 aromatic heterocycles. The molecule has 80 valence electrons. The zero-order valence-corrected chi connectivity index (χ0v) is 9.23. The molecule has 2 heterocycles. The molecule has 0 atom stereocenters. The van der Waals surface area contributed by atoms with Crippen LogP contribution in [-0.4, -0.2) is 21.7 Å². The zero-order valence-electron chi connectivity index (χ0n) is 8.41. The third kappa shape index (κ3) is 1.93. The normalized spacial score (nSPS) is 11.1. The summed E-state index contributed by atoms with van der Waals surface area (Å²) in [6.07, 6.45) is 1.31. The van der Waals surface area contributed by atoms with Crippen molar-refractivity contribution in [1.29, 1.82) is 0 Å². The number of aliphatic hydroxyl groups is 1. The van der Waals surface area contributed by atoms with E-state index in [2.05, 4.69) is 9.97 Å². The molecule has 0 aliphatic carbocycles. The fourth-order valence-electron chi connectivity index (χ4n) is 1.42. The fraction of sp³-hybridized carbons (Fsp3) is 0.400. The predicted octanol–water partition coefficient (Wildman–Crippen LogP) is 1.08. The van der Waals surface area contributed by atoms with Gasteiger partial charge >= 0.3 is 0 Å². The number of rotatable bonds is 3. The lowest BCUT2D eigenvalue weighted by molar-refractivity contribution is 0.296. The summed E-state index contributed by atoms with van der Waals surface area (Å²) in [4.78, 5) is 20.5. The number of hydrogen-bond acceptors (Lipinski definition) is 4. The first-order valence-electron chi connectivity index (χ1n) is 4.87. The Balaban J connectivity index is 2.60. The number of thiophene rings is 1. The molecule has 2 N–H and O–H groups in total. The maximum atomic E-state index is 11.6. The van der Waals surface area contributed by atoms with Crippen LogP contribution in [0, 0.1) is 0 Å². The zero-order chi connectivity index (χ0) is 10.8. The van der Waals surface area contributed by atoms with E-state index in [1.54, 1.807) is 0 Å². The molecule has 4 nitrogen and oxygen atoms in total. The van der Waals surface area contributed by atoms with E-state index in [1.807, 2.05) is 13.0 Å². The van der Waals surface area contributed by atoms with Crippen molar-refractivity contribution >= 4 is 21.6 Å². The maximum Gasteiger partial charge on any atom is 0.259 e. The molecule has 2 rings (SSSR count). The fourth-order valence-corrected chi connectivity index (χ4v) is 2.41. The van der Waals surface area contributed by atoms with Crippen LogP contribution in [0.4, 0.5) is 0 Å². The van der Waals surface area contributed by atoms with Crippen molar-refractivity contribution < 1.29 is 5.11 Å². The molecule has 0 amide bonds. The van der Waals surface area contributed by atoms with Crippen LogP contribution in [0.25, 0.3) is 10.2 Å². The molecule has 0 fully saturated rings. The first-order chi connectivity index (χ1) is 7.24. The van der Waals surface area contributed by atoms with Gasteiger partial charge in [0.25, 0.3) is 5.56 Å². The quantitative estimate of drug-likeness (QED) is 0.820. The minimum absolute atomic E-state index is 0.000453. The second kappa shape index (κ2) is 4.12. The van der Waals surface area contributed by atoms with Crippen LogP contribution in [0.2, 0.25) is 0 Å². The van der Waals surface area contributed by atoms with E-state index in [0.29, 0.717) is 17.6 Å². The van der Waals surface area contributed by atoms with Gasteiger partial charge in [-0.1, -0.05) is 6.92 Å². The van der Waals surface area contributed by atoms with Crippen LogP contribution in [0.5, 0.6) is 0 Å². The Hall–Kier alpha value is -1.20. The van der Waals surface area contributed by atoms with Crippen molar-refractivity contribution in [2.75, 3.05) is 6.61 Å². The summed E-state index contributed by atoms with van der Waals surface area (Å²) in [7, 11) is 0. The summed E-state index contributed by atoms with van der Waals surface area (Å²) in [5, 5.41) is 9.43. The van der Waals surface area contributed by atoms with Crippen LogP contribution < -0.4 is 5.56 Å². The molecule has 0 aliphatic heterocycles. The Morgan fingerprint density at radius 3 is 3.07 bits per heavy atom. The summed E-state index contributed by atoms with van der Waals surface area (Å²) >= 11 is 1.54. The number of nitrogens with zero attached hydrogens (tertiary/aromatic N) is 1. The molecule has 2 aromatic rings. The molecule has 0 saturated carbocycles. The number of H-pyrrole nitrogens is 1. The average molecular weight is 224 g/mol. The molecular formula is C10H12N2O2S.